The Labute approximate surface area is 149 Å². The summed E-state index contributed by atoms with van der Waals surface area (Å²) in [5.41, 5.74) is -0.382. The van der Waals surface area contributed by atoms with Crippen LogP contribution < -0.4 is 0 Å². The standard InChI is InChI=1S/C19H27N3O3/c1-17(2)18(23)24-14-10-5-3-4-6-11-15-25-19(22-21-16-20)12-8-7-9-13-19/h7-9,12H,1,3-6,10-11,13-15H2,2H3. The molecule has 1 aliphatic rings. The van der Waals surface area contributed by atoms with Gasteiger partial charge >= 0.3 is 5.97 Å². The summed E-state index contributed by atoms with van der Waals surface area (Å²) in [6.45, 7) is 6.23. The van der Waals surface area contributed by atoms with Crippen molar-refractivity contribution in [2.24, 2.45) is 10.2 Å². The summed E-state index contributed by atoms with van der Waals surface area (Å²) in [5.74, 6) is -0.314. The van der Waals surface area contributed by atoms with Gasteiger partial charge in [0, 0.05) is 18.6 Å². The number of ether oxygens (including phenoxy) is 2. The van der Waals surface area contributed by atoms with E-state index in [9.17, 15) is 4.79 Å². The van der Waals surface area contributed by atoms with E-state index in [0.717, 1.165) is 38.5 Å². The minimum Gasteiger partial charge on any atom is -0.462 e. The van der Waals surface area contributed by atoms with E-state index in [0.29, 0.717) is 25.2 Å². The molecule has 0 N–H and O–H groups in total. The Hall–Kier alpha value is -2.26. The van der Waals surface area contributed by atoms with Crippen LogP contribution in [-0.2, 0) is 14.3 Å². The molecule has 1 rings (SSSR count). The number of rotatable bonds is 12. The van der Waals surface area contributed by atoms with Crippen LogP contribution in [0.25, 0.3) is 0 Å². The minimum absolute atomic E-state index is 0.314. The summed E-state index contributed by atoms with van der Waals surface area (Å²) in [6.07, 6.45) is 16.0. The van der Waals surface area contributed by atoms with Crippen molar-refractivity contribution < 1.29 is 14.3 Å². The Morgan fingerprint density at radius 3 is 2.48 bits per heavy atom. The average molecular weight is 345 g/mol. The van der Waals surface area contributed by atoms with Crippen LogP contribution in [0.15, 0.2) is 46.7 Å². The van der Waals surface area contributed by atoms with Gasteiger partial charge in [-0.1, -0.05) is 55.6 Å². The third-order valence-corrected chi connectivity index (χ3v) is 3.75. The summed E-state index contributed by atoms with van der Waals surface area (Å²) in [7, 11) is 0. The highest BCUT2D eigenvalue weighted by molar-refractivity contribution is 5.86. The molecule has 1 atom stereocenters. The maximum absolute atomic E-state index is 11.2. The Kier molecular flexibility index (Phi) is 10.1. The number of unbranched alkanes of at least 4 members (excludes halogenated alkanes) is 5. The molecule has 0 aromatic carbocycles. The lowest BCUT2D eigenvalue weighted by Gasteiger charge is -2.25. The lowest BCUT2D eigenvalue weighted by atomic mass is 10.1. The molecular weight excluding hydrogens is 318 g/mol. The molecule has 0 heterocycles. The van der Waals surface area contributed by atoms with Crippen molar-refractivity contribution >= 4 is 5.97 Å². The quantitative estimate of drug-likeness (QED) is 0.170. The Morgan fingerprint density at radius 1 is 1.20 bits per heavy atom. The molecule has 0 amide bonds. The number of hydrogen-bond acceptors (Lipinski definition) is 6. The Morgan fingerprint density at radius 2 is 1.88 bits per heavy atom. The van der Waals surface area contributed by atoms with Gasteiger partial charge in [0.25, 0.3) is 0 Å². The van der Waals surface area contributed by atoms with Gasteiger partial charge in [-0.25, -0.2) is 4.79 Å². The molecule has 0 aliphatic heterocycles. The first-order chi connectivity index (χ1) is 12.1. The number of azo groups is 1. The Bertz CT molecular complexity index is 561. The molecule has 0 saturated carbocycles. The second kappa shape index (κ2) is 12.2. The van der Waals surface area contributed by atoms with Crippen molar-refractivity contribution in [3.05, 3.63) is 36.5 Å². The van der Waals surface area contributed by atoms with Crippen LogP contribution >= 0.6 is 0 Å². The number of nitrogens with zero attached hydrogens (tertiary/aromatic N) is 3. The molecule has 6 heteroatoms. The van der Waals surface area contributed by atoms with Gasteiger partial charge in [0.2, 0.25) is 11.9 Å². The second-order valence-electron chi connectivity index (χ2n) is 6.02. The molecule has 1 aliphatic carbocycles. The smallest absolute Gasteiger partial charge is 0.333 e. The molecule has 0 fully saturated rings. The summed E-state index contributed by atoms with van der Waals surface area (Å²) in [5, 5.41) is 16.0. The highest BCUT2D eigenvalue weighted by atomic mass is 16.5. The van der Waals surface area contributed by atoms with E-state index in [1.807, 2.05) is 24.3 Å². The predicted octanol–water partition coefficient (Wildman–Crippen LogP) is 4.61. The predicted molar refractivity (Wildman–Crippen MR) is 95.5 cm³/mol. The van der Waals surface area contributed by atoms with Crippen molar-refractivity contribution in [3.63, 3.8) is 0 Å². The first-order valence-corrected chi connectivity index (χ1v) is 8.71. The Balaban J connectivity index is 2.06. The maximum Gasteiger partial charge on any atom is 0.333 e. The highest BCUT2D eigenvalue weighted by Crippen LogP contribution is 2.25. The second-order valence-corrected chi connectivity index (χ2v) is 6.02. The van der Waals surface area contributed by atoms with Gasteiger partial charge in [-0.15, -0.1) is 5.11 Å². The number of carbonyl (C=O) groups is 1. The monoisotopic (exact) mass is 345 g/mol. The largest absolute Gasteiger partial charge is 0.462 e. The van der Waals surface area contributed by atoms with Crippen molar-refractivity contribution in [1.82, 2.24) is 0 Å². The van der Waals surface area contributed by atoms with Crippen LogP contribution in [0.1, 0.15) is 51.9 Å². The number of esters is 1. The van der Waals surface area contributed by atoms with Crippen molar-refractivity contribution in [1.29, 1.82) is 5.26 Å². The fraction of sp³-hybridized carbons (Fsp3) is 0.579. The fourth-order valence-electron chi connectivity index (χ4n) is 2.35. The van der Waals surface area contributed by atoms with Gasteiger partial charge in [-0.3, -0.25) is 0 Å². The van der Waals surface area contributed by atoms with E-state index in [1.54, 1.807) is 13.1 Å². The zero-order valence-electron chi connectivity index (χ0n) is 14.9. The summed E-state index contributed by atoms with van der Waals surface area (Å²) < 4.78 is 10.9. The van der Waals surface area contributed by atoms with Crippen LogP contribution in [0.3, 0.4) is 0 Å². The van der Waals surface area contributed by atoms with Gasteiger partial charge in [0.05, 0.1) is 6.61 Å². The first kappa shape index (κ1) is 20.8. The summed E-state index contributed by atoms with van der Waals surface area (Å²) >= 11 is 0. The van der Waals surface area contributed by atoms with E-state index >= 15 is 0 Å². The van der Waals surface area contributed by atoms with E-state index in [4.69, 9.17) is 14.7 Å². The maximum atomic E-state index is 11.2. The van der Waals surface area contributed by atoms with E-state index in [1.165, 1.54) is 0 Å². The molecule has 136 valence electrons. The zero-order chi connectivity index (χ0) is 18.4. The van der Waals surface area contributed by atoms with E-state index < -0.39 is 5.72 Å². The summed E-state index contributed by atoms with van der Waals surface area (Å²) in [4.78, 5) is 11.2. The third-order valence-electron chi connectivity index (χ3n) is 3.75. The topological polar surface area (TPSA) is 84.0 Å². The lowest BCUT2D eigenvalue weighted by molar-refractivity contribution is -0.139. The molecular formula is C19H27N3O3. The molecule has 0 spiro atoms. The molecule has 25 heavy (non-hydrogen) atoms. The molecule has 0 bridgehead atoms. The molecule has 0 saturated heterocycles. The van der Waals surface area contributed by atoms with Crippen molar-refractivity contribution in [3.8, 4) is 6.19 Å². The van der Waals surface area contributed by atoms with Gasteiger partial charge in [-0.2, -0.15) is 5.26 Å². The normalized spacial score (nSPS) is 19.0. The van der Waals surface area contributed by atoms with E-state index in [-0.39, 0.29) is 5.97 Å². The average Bonchev–Trinajstić information content (AvgIpc) is 2.62. The van der Waals surface area contributed by atoms with Crippen LogP contribution in [0.5, 0.6) is 0 Å². The minimum atomic E-state index is -0.822. The zero-order valence-corrected chi connectivity index (χ0v) is 14.9. The van der Waals surface area contributed by atoms with Gasteiger partial charge in [0.15, 0.2) is 0 Å². The SMILES string of the molecule is C=C(C)C(=O)OCCCCCCCCOC1(N=NC#N)C=CC=CC1. The van der Waals surface area contributed by atoms with Gasteiger partial charge < -0.3 is 9.47 Å². The van der Waals surface area contributed by atoms with Gasteiger partial charge in [-0.05, 0) is 25.8 Å². The summed E-state index contributed by atoms with van der Waals surface area (Å²) in [6, 6.07) is 0. The molecule has 0 aromatic rings. The third kappa shape index (κ3) is 8.96. The lowest BCUT2D eigenvalue weighted by Crippen LogP contribution is -2.28. The van der Waals surface area contributed by atoms with Crippen LogP contribution in [-0.4, -0.2) is 24.9 Å². The molecule has 6 nitrogen and oxygen atoms in total. The highest BCUT2D eigenvalue weighted by Gasteiger charge is 2.27. The fourth-order valence-corrected chi connectivity index (χ4v) is 2.35. The van der Waals surface area contributed by atoms with Crippen LogP contribution in [0.4, 0.5) is 0 Å². The van der Waals surface area contributed by atoms with Crippen molar-refractivity contribution in [2.45, 2.75) is 57.6 Å². The number of hydrogen-bond donors (Lipinski definition) is 0. The van der Waals surface area contributed by atoms with Crippen LogP contribution in [0, 0.1) is 11.5 Å². The number of allylic oxidation sites excluding steroid dienone is 2. The number of nitriles is 1. The van der Waals surface area contributed by atoms with Crippen molar-refractivity contribution in [2.75, 3.05) is 13.2 Å². The van der Waals surface area contributed by atoms with Crippen LogP contribution in [0.2, 0.25) is 0 Å². The van der Waals surface area contributed by atoms with E-state index in [2.05, 4.69) is 16.8 Å². The molecule has 1 unspecified atom stereocenters. The molecule has 0 radical (unpaired) electrons. The first-order valence-electron chi connectivity index (χ1n) is 8.71. The molecule has 0 aromatic heterocycles. The van der Waals surface area contributed by atoms with Gasteiger partial charge in [0.1, 0.15) is 0 Å². The number of carbonyl (C=O) groups excluding carboxylic acids is 1.